The molecule has 0 spiro atoms. The SMILES string of the molecule is Cc1cnc2c(C(=O)NCCSSCCC(=O)O)cnn2c1. The topological polar surface area (TPSA) is 96.6 Å². The van der Waals surface area contributed by atoms with E-state index < -0.39 is 5.97 Å². The van der Waals surface area contributed by atoms with Crippen molar-refractivity contribution in [2.24, 2.45) is 0 Å². The van der Waals surface area contributed by atoms with Crippen LogP contribution in [0.1, 0.15) is 22.3 Å². The summed E-state index contributed by atoms with van der Waals surface area (Å²) in [6.45, 7) is 2.42. The number of aromatic nitrogens is 3. The number of amides is 1. The minimum absolute atomic E-state index is 0.150. The van der Waals surface area contributed by atoms with E-state index in [1.54, 1.807) is 21.5 Å². The van der Waals surface area contributed by atoms with Gasteiger partial charge in [-0.2, -0.15) is 5.10 Å². The second-order valence-electron chi connectivity index (χ2n) is 4.50. The average molecular weight is 340 g/mol. The van der Waals surface area contributed by atoms with Crippen LogP contribution in [0.4, 0.5) is 0 Å². The number of nitrogens with one attached hydrogen (secondary N) is 1. The van der Waals surface area contributed by atoms with Crippen molar-refractivity contribution in [1.82, 2.24) is 19.9 Å². The zero-order chi connectivity index (χ0) is 15.9. The Bertz CT molecular complexity index is 674. The van der Waals surface area contributed by atoms with Crippen LogP contribution in [0.2, 0.25) is 0 Å². The monoisotopic (exact) mass is 340 g/mol. The summed E-state index contributed by atoms with van der Waals surface area (Å²) in [4.78, 5) is 26.6. The molecule has 22 heavy (non-hydrogen) atoms. The normalized spacial score (nSPS) is 10.8. The van der Waals surface area contributed by atoms with Crippen molar-refractivity contribution in [2.75, 3.05) is 18.1 Å². The van der Waals surface area contributed by atoms with E-state index in [-0.39, 0.29) is 12.3 Å². The van der Waals surface area contributed by atoms with Gasteiger partial charge in [0, 0.05) is 30.4 Å². The van der Waals surface area contributed by atoms with Crippen LogP contribution in [-0.2, 0) is 4.79 Å². The lowest BCUT2D eigenvalue weighted by molar-refractivity contribution is -0.136. The number of aliphatic carboxylic acids is 1. The highest BCUT2D eigenvalue weighted by Crippen LogP contribution is 2.21. The van der Waals surface area contributed by atoms with Crippen molar-refractivity contribution in [3.63, 3.8) is 0 Å². The van der Waals surface area contributed by atoms with E-state index in [0.717, 1.165) is 5.56 Å². The lowest BCUT2D eigenvalue weighted by atomic mass is 10.3. The van der Waals surface area contributed by atoms with Gasteiger partial charge in [0.25, 0.3) is 5.91 Å². The molecule has 0 atom stereocenters. The van der Waals surface area contributed by atoms with Crippen LogP contribution in [0, 0.1) is 6.92 Å². The number of rotatable bonds is 8. The first kappa shape index (κ1) is 16.6. The molecule has 1 amide bonds. The lowest BCUT2D eigenvalue weighted by Crippen LogP contribution is -2.25. The van der Waals surface area contributed by atoms with Crippen molar-refractivity contribution < 1.29 is 14.7 Å². The zero-order valence-corrected chi connectivity index (χ0v) is 13.6. The summed E-state index contributed by atoms with van der Waals surface area (Å²) in [5, 5.41) is 15.4. The van der Waals surface area contributed by atoms with Crippen molar-refractivity contribution in [3.05, 3.63) is 29.7 Å². The largest absolute Gasteiger partial charge is 0.481 e. The molecule has 2 aromatic heterocycles. The number of hydrogen-bond donors (Lipinski definition) is 2. The van der Waals surface area contributed by atoms with Crippen molar-refractivity contribution in [3.8, 4) is 0 Å². The number of carbonyl (C=O) groups excluding carboxylic acids is 1. The second-order valence-corrected chi connectivity index (χ2v) is 7.20. The molecule has 0 saturated heterocycles. The number of aryl methyl sites for hydroxylation is 1. The number of carbonyl (C=O) groups is 2. The minimum Gasteiger partial charge on any atom is -0.481 e. The summed E-state index contributed by atoms with van der Waals surface area (Å²) in [5.74, 6) is 0.271. The van der Waals surface area contributed by atoms with Crippen LogP contribution in [0.15, 0.2) is 18.6 Å². The van der Waals surface area contributed by atoms with Gasteiger partial charge in [-0.3, -0.25) is 9.59 Å². The third-order valence-electron chi connectivity index (χ3n) is 2.68. The predicted octanol–water partition coefficient (Wildman–Crippen LogP) is 1.62. The Kier molecular flexibility index (Phi) is 6.08. The van der Waals surface area contributed by atoms with E-state index in [4.69, 9.17) is 5.11 Å². The van der Waals surface area contributed by atoms with Crippen molar-refractivity contribution in [2.45, 2.75) is 13.3 Å². The Morgan fingerprint density at radius 3 is 2.86 bits per heavy atom. The third kappa shape index (κ3) is 4.63. The molecule has 0 aliphatic rings. The Morgan fingerprint density at radius 2 is 2.09 bits per heavy atom. The summed E-state index contributed by atoms with van der Waals surface area (Å²) in [6, 6.07) is 0. The van der Waals surface area contributed by atoms with Gasteiger partial charge in [-0.25, -0.2) is 9.50 Å². The minimum atomic E-state index is -0.794. The van der Waals surface area contributed by atoms with Gasteiger partial charge >= 0.3 is 5.97 Å². The molecule has 2 N–H and O–H groups in total. The highest BCUT2D eigenvalue weighted by molar-refractivity contribution is 8.76. The van der Waals surface area contributed by atoms with Gasteiger partial charge in [-0.05, 0) is 12.5 Å². The fraction of sp³-hybridized carbons (Fsp3) is 0.385. The zero-order valence-electron chi connectivity index (χ0n) is 12.0. The summed E-state index contributed by atoms with van der Waals surface area (Å²) in [6.07, 6.45) is 5.17. The average Bonchev–Trinajstić information content (AvgIpc) is 2.88. The van der Waals surface area contributed by atoms with Gasteiger partial charge < -0.3 is 10.4 Å². The molecule has 0 bridgehead atoms. The van der Waals surface area contributed by atoms with E-state index in [2.05, 4.69) is 15.4 Å². The van der Waals surface area contributed by atoms with Crippen LogP contribution in [0.25, 0.3) is 5.65 Å². The standard InChI is InChI=1S/C13H16N4O3S2/c1-9-6-15-12-10(7-16-17(12)8-9)13(20)14-3-5-22-21-4-2-11(18)19/h6-8H,2-5H2,1H3,(H,14,20)(H,18,19). The van der Waals surface area contributed by atoms with Gasteiger partial charge in [-0.1, -0.05) is 21.6 Å². The Hall–Kier alpha value is -1.74. The van der Waals surface area contributed by atoms with E-state index in [1.807, 2.05) is 13.1 Å². The predicted molar refractivity (Wildman–Crippen MR) is 87.2 cm³/mol. The van der Waals surface area contributed by atoms with Crippen LogP contribution in [0.3, 0.4) is 0 Å². The molecule has 0 aliphatic carbocycles. The molecule has 2 rings (SSSR count). The smallest absolute Gasteiger partial charge is 0.304 e. The summed E-state index contributed by atoms with van der Waals surface area (Å²) in [5.41, 5.74) is 1.95. The van der Waals surface area contributed by atoms with E-state index in [0.29, 0.717) is 29.3 Å². The molecule has 7 nitrogen and oxygen atoms in total. The van der Waals surface area contributed by atoms with Gasteiger partial charge in [0.05, 0.1) is 12.6 Å². The molecule has 118 valence electrons. The molecule has 0 saturated carbocycles. The first-order valence-corrected chi connectivity index (χ1v) is 9.11. The summed E-state index contributed by atoms with van der Waals surface area (Å²) in [7, 11) is 3.03. The lowest BCUT2D eigenvalue weighted by Gasteiger charge is -2.03. The maximum atomic E-state index is 12.1. The van der Waals surface area contributed by atoms with E-state index in [1.165, 1.54) is 17.0 Å². The number of carboxylic acid groups (broad SMARTS) is 1. The fourth-order valence-electron chi connectivity index (χ4n) is 1.68. The molecule has 2 heterocycles. The van der Waals surface area contributed by atoms with Crippen LogP contribution >= 0.6 is 21.6 Å². The van der Waals surface area contributed by atoms with Crippen LogP contribution in [0.5, 0.6) is 0 Å². The highest BCUT2D eigenvalue weighted by Gasteiger charge is 2.13. The Labute approximate surface area is 135 Å². The Balaban J connectivity index is 1.76. The number of nitrogens with zero attached hydrogens (tertiary/aromatic N) is 3. The summed E-state index contributed by atoms with van der Waals surface area (Å²) >= 11 is 0. The van der Waals surface area contributed by atoms with Gasteiger partial charge in [0.15, 0.2) is 5.65 Å². The Morgan fingerprint density at radius 1 is 1.32 bits per heavy atom. The number of fused-ring (bicyclic) bond motifs is 1. The van der Waals surface area contributed by atoms with Crippen molar-refractivity contribution in [1.29, 1.82) is 0 Å². The third-order valence-corrected chi connectivity index (χ3v) is 5.09. The molecule has 2 aromatic rings. The van der Waals surface area contributed by atoms with Crippen LogP contribution < -0.4 is 5.32 Å². The van der Waals surface area contributed by atoms with Gasteiger partial charge in [-0.15, -0.1) is 0 Å². The molecular weight excluding hydrogens is 324 g/mol. The maximum absolute atomic E-state index is 12.1. The number of carboxylic acids is 1. The van der Waals surface area contributed by atoms with E-state index >= 15 is 0 Å². The van der Waals surface area contributed by atoms with Crippen LogP contribution in [-0.4, -0.2) is 49.6 Å². The van der Waals surface area contributed by atoms with E-state index in [9.17, 15) is 9.59 Å². The quantitative estimate of drug-likeness (QED) is 0.557. The molecular formula is C13H16N4O3S2. The summed E-state index contributed by atoms with van der Waals surface area (Å²) < 4.78 is 1.58. The molecule has 0 radical (unpaired) electrons. The molecule has 0 unspecified atom stereocenters. The fourth-order valence-corrected chi connectivity index (χ4v) is 3.56. The maximum Gasteiger partial charge on any atom is 0.304 e. The molecule has 0 fully saturated rings. The first-order valence-electron chi connectivity index (χ1n) is 6.62. The number of hydrogen-bond acceptors (Lipinski definition) is 6. The molecule has 9 heteroatoms. The highest BCUT2D eigenvalue weighted by atomic mass is 33.1. The van der Waals surface area contributed by atoms with Crippen molar-refractivity contribution >= 4 is 39.1 Å². The molecule has 0 aliphatic heterocycles. The van der Waals surface area contributed by atoms with Gasteiger partial charge in [0.2, 0.25) is 0 Å². The van der Waals surface area contributed by atoms with Gasteiger partial charge in [0.1, 0.15) is 5.56 Å². The molecule has 0 aromatic carbocycles. The first-order chi connectivity index (χ1) is 10.6. The second kappa shape index (κ2) is 8.04.